The third-order valence-electron chi connectivity index (χ3n) is 4.63. The van der Waals surface area contributed by atoms with Gasteiger partial charge in [-0.15, -0.1) is 0 Å². The molecule has 0 aromatic carbocycles. The number of amides is 1. The number of hydrogen-bond acceptors (Lipinski definition) is 2. The number of carbonyl (C=O) groups excluding carboxylic acids is 1. The van der Waals surface area contributed by atoms with Crippen molar-refractivity contribution in [2.75, 3.05) is 6.54 Å². The third-order valence-corrected chi connectivity index (χ3v) is 4.63. The number of nitrogens with two attached hydrogens (primary N) is 1. The highest BCUT2D eigenvalue weighted by atomic mass is 16.2. The minimum Gasteiger partial charge on any atom is -0.354 e. The summed E-state index contributed by atoms with van der Waals surface area (Å²) in [6.45, 7) is 2.99. The fourth-order valence-electron chi connectivity index (χ4n) is 3.54. The van der Waals surface area contributed by atoms with Gasteiger partial charge in [0.1, 0.15) is 0 Å². The molecular formula is C14H26N2O. The first-order valence-electron chi connectivity index (χ1n) is 7.24. The van der Waals surface area contributed by atoms with E-state index in [0.29, 0.717) is 0 Å². The van der Waals surface area contributed by atoms with E-state index in [9.17, 15) is 4.79 Å². The topological polar surface area (TPSA) is 55.1 Å². The first-order valence-corrected chi connectivity index (χ1v) is 7.24. The molecule has 3 unspecified atom stereocenters. The first kappa shape index (κ1) is 12.9. The molecule has 2 aliphatic rings. The van der Waals surface area contributed by atoms with Crippen molar-refractivity contribution in [3.05, 3.63) is 0 Å². The van der Waals surface area contributed by atoms with Gasteiger partial charge in [0.2, 0.25) is 5.91 Å². The van der Waals surface area contributed by atoms with E-state index in [-0.39, 0.29) is 11.9 Å². The first-order chi connectivity index (χ1) is 8.20. The molecule has 2 fully saturated rings. The van der Waals surface area contributed by atoms with Gasteiger partial charge in [0.15, 0.2) is 0 Å². The standard InChI is InChI=1S/C14H26N2O/c1-2-3-4-13(15)14(17)16-9-12-8-10-5-6-11(12)7-10/h10-13H,2-9,15H2,1H3,(H,16,17)/t10?,11?,12?,13-/m0/s1. The number of nitrogens with one attached hydrogen (secondary N) is 1. The monoisotopic (exact) mass is 238 g/mol. The van der Waals surface area contributed by atoms with Crippen LogP contribution in [0.4, 0.5) is 0 Å². The van der Waals surface area contributed by atoms with Crippen molar-refractivity contribution in [3.63, 3.8) is 0 Å². The largest absolute Gasteiger partial charge is 0.354 e. The van der Waals surface area contributed by atoms with Crippen molar-refractivity contribution in [2.24, 2.45) is 23.5 Å². The van der Waals surface area contributed by atoms with Gasteiger partial charge in [-0.1, -0.05) is 26.2 Å². The number of rotatable bonds is 6. The lowest BCUT2D eigenvalue weighted by atomic mass is 9.89. The molecule has 2 rings (SSSR count). The van der Waals surface area contributed by atoms with Crippen LogP contribution in [0, 0.1) is 17.8 Å². The number of carbonyl (C=O) groups is 1. The molecule has 98 valence electrons. The highest BCUT2D eigenvalue weighted by Crippen LogP contribution is 2.47. The Morgan fingerprint density at radius 2 is 2.24 bits per heavy atom. The summed E-state index contributed by atoms with van der Waals surface area (Å²) < 4.78 is 0. The van der Waals surface area contributed by atoms with Gasteiger partial charge in [-0.3, -0.25) is 4.79 Å². The van der Waals surface area contributed by atoms with Gasteiger partial charge in [0.25, 0.3) is 0 Å². The zero-order valence-corrected chi connectivity index (χ0v) is 11.0. The Labute approximate surface area is 105 Å². The summed E-state index contributed by atoms with van der Waals surface area (Å²) in [5, 5.41) is 3.05. The summed E-state index contributed by atoms with van der Waals surface area (Å²) in [4.78, 5) is 11.8. The maximum absolute atomic E-state index is 11.8. The number of fused-ring (bicyclic) bond motifs is 2. The molecule has 0 aromatic heterocycles. The van der Waals surface area contributed by atoms with Gasteiger partial charge in [0, 0.05) is 6.54 Å². The van der Waals surface area contributed by atoms with Gasteiger partial charge >= 0.3 is 0 Å². The van der Waals surface area contributed by atoms with E-state index in [0.717, 1.165) is 43.6 Å². The summed E-state index contributed by atoms with van der Waals surface area (Å²) in [5.41, 5.74) is 5.85. The Hall–Kier alpha value is -0.570. The van der Waals surface area contributed by atoms with Gasteiger partial charge < -0.3 is 11.1 Å². The molecule has 0 saturated heterocycles. The highest BCUT2D eigenvalue weighted by Gasteiger charge is 2.39. The fraction of sp³-hybridized carbons (Fsp3) is 0.929. The molecule has 3 nitrogen and oxygen atoms in total. The molecule has 2 saturated carbocycles. The van der Waals surface area contributed by atoms with E-state index in [1.807, 2.05) is 0 Å². The maximum Gasteiger partial charge on any atom is 0.236 e. The molecule has 4 atom stereocenters. The second kappa shape index (κ2) is 5.85. The molecule has 0 spiro atoms. The summed E-state index contributed by atoms with van der Waals surface area (Å²) in [6, 6.07) is -0.298. The molecule has 3 heteroatoms. The molecule has 0 heterocycles. The van der Waals surface area contributed by atoms with Crippen LogP contribution in [0.3, 0.4) is 0 Å². The zero-order chi connectivity index (χ0) is 12.3. The Morgan fingerprint density at radius 3 is 2.82 bits per heavy atom. The minimum atomic E-state index is -0.298. The van der Waals surface area contributed by atoms with E-state index < -0.39 is 0 Å². The molecular weight excluding hydrogens is 212 g/mol. The van der Waals surface area contributed by atoms with Crippen LogP contribution in [-0.4, -0.2) is 18.5 Å². The van der Waals surface area contributed by atoms with Crippen LogP contribution in [0.5, 0.6) is 0 Å². The molecule has 0 radical (unpaired) electrons. The van der Waals surface area contributed by atoms with Crippen LogP contribution in [0.1, 0.15) is 51.9 Å². The van der Waals surface area contributed by atoms with Crippen LogP contribution in [0.15, 0.2) is 0 Å². The van der Waals surface area contributed by atoms with Crippen LogP contribution in [0.2, 0.25) is 0 Å². The van der Waals surface area contributed by atoms with E-state index in [4.69, 9.17) is 5.73 Å². The Bertz CT molecular complexity index is 267. The van der Waals surface area contributed by atoms with Crippen LogP contribution >= 0.6 is 0 Å². The summed E-state index contributed by atoms with van der Waals surface area (Å²) in [5.74, 6) is 2.63. The predicted octanol–water partition coefficient (Wildman–Crippen LogP) is 2.06. The van der Waals surface area contributed by atoms with Crippen molar-refractivity contribution < 1.29 is 4.79 Å². The second-order valence-electron chi connectivity index (χ2n) is 5.93. The van der Waals surface area contributed by atoms with Crippen molar-refractivity contribution in [1.82, 2.24) is 5.32 Å². The Balaban J connectivity index is 1.66. The molecule has 17 heavy (non-hydrogen) atoms. The normalized spacial score (nSPS) is 32.7. The summed E-state index contributed by atoms with van der Waals surface area (Å²) >= 11 is 0. The van der Waals surface area contributed by atoms with E-state index in [1.54, 1.807) is 0 Å². The lowest BCUT2D eigenvalue weighted by Crippen LogP contribution is -2.43. The molecule has 0 aromatic rings. The minimum absolute atomic E-state index is 0.0567. The van der Waals surface area contributed by atoms with Crippen LogP contribution in [0.25, 0.3) is 0 Å². The van der Waals surface area contributed by atoms with Gasteiger partial charge in [-0.25, -0.2) is 0 Å². The maximum atomic E-state index is 11.8. The SMILES string of the molecule is CCCC[C@H](N)C(=O)NCC1CC2CCC1C2. The fourth-order valence-corrected chi connectivity index (χ4v) is 3.54. The van der Waals surface area contributed by atoms with E-state index in [1.165, 1.54) is 25.7 Å². The van der Waals surface area contributed by atoms with Gasteiger partial charge in [-0.05, 0) is 43.4 Å². The third kappa shape index (κ3) is 3.21. The summed E-state index contributed by atoms with van der Waals surface area (Å²) in [6.07, 6.45) is 8.50. The lowest BCUT2D eigenvalue weighted by molar-refractivity contribution is -0.122. The van der Waals surface area contributed by atoms with Crippen LogP contribution in [-0.2, 0) is 4.79 Å². The predicted molar refractivity (Wildman–Crippen MR) is 69.4 cm³/mol. The Kier molecular flexibility index (Phi) is 4.43. The average molecular weight is 238 g/mol. The molecule has 1 amide bonds. The summed E-state index contributed by atoms with van der Waals surface area (Å²) in [7, 11) is 0. The molecule has 2 aliphatic carbocycles. The molecule has 0 aliphatic heterocycles. The highest BCUT2D eigenvalue weighted by molar-refractivity contribution is 5.81. The average Bonchev–Trinajstić information content (AvgIpc) is 2.94. The van der Waals surface area contributed by atoms with E-state index in [2.05, 4.69) is 12.2 Å². The number of hydrogen-bond donors (Lipinski definition) is 2. The smallest absolute Gasteiger partial charge is 0.236 e. The zero-order valence-electron chi connectivity index (χ0n) is 11.0. The molecule has 2 bridgehead atoms. The van der Waals surface area contributed by atoms with Crippen LogP contribution < -0.4 is 11.1 Å². The van der Waals surface area contributed by atoms with Crippen molar-refractivity contribution in [1.29, 1.82) is 0 Å². The number of unbranched alkanes of at least 4 members (excludes halogenated alkanes) is 1. The lowest BCUT2D eigenvalue weighted by Gasteiger charge is -2.22. The molecule has 3 N–H and O–H groups in total. The Morgan fingerprint density at radius 1 is 1.41 bits per heavy atom. The van der Waals surface area contributed by atoms with Gasteiger partial charge in [0.05, 0.1) is 6.04 Å². The van der Waals surface area contributed by atoms with Gasteiger partial charge in [-0.2, -0.15) is 0 Å². The van der Waals surface area contributed by atoms with Crippen molar-refractivity contribution in [3.8, 4) is 0 Å². The van der Waals surface area contributed by atoms with Crippen molar-refractivity contribution in [2.45, 2.75) is 57.9 Å². The second-order valence-corrected chi connectivity index (χ2v) is 5.93. The quantitative estimate of drug-likeness (QED) is 0.744. The van der Waals surface area contributed by atoms with Crippen molar-refractivity contribution >= 4 is 5.91 Å². The van der Waals surface area contributed by atoms with E-state index >= 15 is 0 Å².